The largest absolute Gasteiger partial charge is 0.388 e. The van der Waals surface area contributed by atoms with E-state index >= 15 is 0 Å². The van der Waals surface area contributed by atoms with Crippen molar-refractivity contribution in [2.45, 2.75) is 12.5 Å². The minimum Gasteiger partial charge on any atom is -0.388 e. The minimum atomic E-state index is -0.695. The molecule has 0 aliphatic rings. The standard InChI is InChI=1S/C13H12FNO/c14-12-5-1-4-11(8-12)13(16)7-10-3-2-6-15-9-10/h1-6,8-9,13,16H,7H2. The summed E-state index contributed by atoms with van der Waals surface area (Å²) in [4.78, 5) is 3.96. The molecule has 0 aliphatic carbocycles. The van der Waals surface area contributed by atoms with E-state index in [1.807, 2.05) is 12.1 Å². The summed E-state index contributed by atoms with van der Waals surface area (Å²) in [6, 6.07) is 9.71. The summed E-state index contributed by atoms with van der Waals surface area (Å²) < 4.78 is 12.9. The van der Waals surface area contributed by atoms with E-state index in [9.17, 15) is 9.50 Å². The van der Waals surface area contributed by atoms with Gasteiger partial charge in [-0.25, -0.2) is 4.39 Å². The molecule has 0 fully saturated rings. The Kier molecular flexibility index (Phi) is 3.27. The monoisotopic (exact) mass is 217 g/mol. The van der Waals surface area contributed by atoms with Gasteiger partial charge < -0.3 is 5.11 Å². The molecule has 0 aliphatic heterocycles. The number of hydrogen-bond acceptors (Lipinski definition) is 2. The molecule has 0 amide bonds. The summed E-state index contributed by atoms with van der Waals surface area (Å²) in [7, 11) is 0. The fourth-order valence-electron chi connectivity index (χ4n) is 1.57. The number of hydrogen-bond donors (Lipinski definition) is 1. The third kappa shape index (κ3) is 2.64. The van der Waals surface area contributed by atoms with Gasteiger partial charge >= 0.3 is 0 Å². The molecule has 2 aromatic rings. The Morgan fingerprint density at radius 2 is 2.12 bits per heavy atom. The fourth-order valence-corrected chi connectivity index (χ4v) is 1.57. The molecule has 0 saturated carbocycles. The Labute approximate surface area is 93.4 Å². The van der Waals surface area contributed by atoms with E-state index in [-0.39, 0.29) is 5.82 Å². The summed E-state index contributed by atoms with van der Waals surface area (Å²) in [5.74, 6) is -0.331. The van der Waals surface area contributed by atoms with Gasteiger partial charge in [0.05, 0.1) is 6.10 Å². The SMILES string of the molecule is OC(Cc1cccnc1)c1cccc(F)c1. The number of rotatable bonds is 3. The van der Waals surface area contributed by atoms with Gasteiger partial charge in [0.1, 0.15) is 5.82 Å². The van der Waals surface area contributed by atoms with Gasteiger partial charge in [-0.3, -0.25) is 4.98 Å². The van der Waals surface area contributed by atoms with E-state index in [0.29, 0.717) is 12.0 Å². The topological polar surface area (TPSA) is 33.1 Å². The molecule has 1 N–H and O–H groups in total. The first kappa shape index (κ1) is 10.8. The summed E-state index contributed by atoms with van der Waals surface area (Å²) in [5.41, 5.74) is 1.52. The second-order valence-corrected chi connectivity index (χ2v) is 3.64. The lowest BCUT2D eigenvalue weighted by Crippen LogP contribution is -2.02. The molecule has 0 bridgehead atoms. The fraction of sp³-hybridized carbons (Fsp3) is 0.154. The van der Waals surface area contributed by atoms with Crippen LogP contribution in [0.2, 0.25) is 0 Å². The molecule has 2 rings (SSSR count). The predicted octanol–water partition coefficient (Wildman–Crippen LogP) is 2.50. The van der Waals surface area contributed by atoms with Crippen LogP contribution in [0.1, 0.15) is 17.2 Å². The van der Waals surface area contributed by atoms with E-state index in [2.05, 4.69) is 4.98 Å². The summed E-state index contributed by atoms with van der Waals surface area (Å²) in [6.07, 6.45) is 3.12. The number of aliphatic hydroxyl groups is 1. The van der Waals surface area contributed by atoms with Gasteiger partial charge in [-0.1, -0.05) is 18.2 Å². The van der Waals surface area contributed by atoms with Crippen molar-refractivity contribution in [1.29, 1.82) is 0 Å². The maximum Gasteiger partial charge on any atom is 0.123 e. The highest BCUT2D eigenvalue weighted by atomic mass is 19.1. The van der Waals surface area contributed by atoms with E-state index < -0.39 is 6.10 Å². The first-order valence-electron chi connectivity index (χ1n) is 5.08. The molecule has 2 nitrogen and oxygen atoms in total. The Morgan fingerprint density at radius 3 is 2.81 bits per heavy atom. The lowest BCUT2D eigenvalue weighted by molar-refractivity contribution is 0.178. The van der Waals surface area contributed by atoms with E-state index in [4.69, 9.17) is 0 Å². The van der Waals surface area contributed by atoms with Crippen LogP contribution in [0.5, 0.6) is 0 Å². The number of aliphatic hydroxyl groups excluding tert-OH is 1. The normalized spacial score (nSPS) is 12.4. The molecule has 16 heavy (non-hydrogen) atoms. The zero-order valence-corrected chi connectivity index (χ0v) is 8.68. The van der Waals surface area contributed by atoms with Gasteiger partial charge in [0.15, 0.2) is 0 Å². The Bertz CT molecular complexity index is 458. The molecule has 0 saturated heterocycles. The van der Waals surface area contributed by atoms with Gasteiger partial charge in [0.25, 0.3) is 0 Å². The number of benzene rings is 1. The van der Waals surface area contributed by atoms with Crippen molar-refractivity contribution in [2.75, 3.05) is 0 Å². The molecule has 0 spiro atoms. The molecule has 1 heterocycles. The number of pyridine rings is 1. The van der Waals surface area contributed by atoms with Crippen molar-refractivity contribution in [2.24, 2.45) is 0 Å². The van der Waals surface area contributed by atoms with Crippen molar-refractivity contribution in [1.82, 2.24) is 4.98 Å². The summed E-state index contributed by atoms with van der Waals surface area (Å²) in [5, 5.41) is 9.90. The van der Waals surface area contributed by atoms with Gasteiger partial charge in [-0.05, 0) is 29.3 Å². The molecule has 1 aromatic carbocycles. The molecule has 1 unspecified atom stereocenters. The predicted molar refractivity (Wildman–Crippen MR) is 59.3 cm³/mol. The first-order valence-corrected chi connectivity index (χ1v) is 5.08. The number of aromatic nitrogens is 1. The van der Waals surface area contributed by atoms with Crippen molar-refractivity contribution in [3.05, 3.63) is 65.7 Å². The Morgan fingerprint density at radius 1 is 1.25 bits per heavy atom. The molecule has 1 aromatic heterocycles. The van der Waals surface area contributed by atoms with Crippen LogP contribution in [-0.2, 0) is 6.42 Å². The third-order valence-corrected chi connectivity index (χ3v) is 2.39. The first-order chi connectivity index (χ1) is 7.75. The van der Waals surface area contributed by atoms with Gasteiger partial charge in [0.2, 0.25) is 0 Å². The molecule has 3 heteroatoms. The average molecular weight is 217 g/mol. The maximum atomic E-state index is 12.9. The molecule has 0 radical (unpaired) electrons. The lowest BCUT2D eigenvalue weighted by Gasteiger charge is -2.10. The van der Waals surface area contributed by atoms with Crippen LogP contribution >= 0.6 is 0 Å². The van der Waals surface area contributed by atoms with Crippen molar-refractivity contribution in [3.8, 4) is 0 Å². The highest BCUT2D eigenvalue weighted by molar-refractivity contribution is 5.21. The lowest BCUT2D eigenvalue weighted by atomic mass is 10.0. The van der Waals surface area contributed by atoms with Crippen LogP contribution in [0.3, 0.4) is 0 Å². The molecular weight excluding hydrogens is 205 g/mol. The number of halogens is 1. The molecular formula is C13H12FNO. The highest BCUT2D eigenvalue weighted by Gasteiger charge is 2.09. The van der Waals surface area contributed by atoms with Crippen LogP contribution in [0.4, 0.5) is 4.39 Å². The van der Waals surface area contributed by atoms with Gasteiger partial charge in [0, 0.05) is 18.8 Å². The van der Waals surface area contributed by atoms with E-state index in [1.165, 1.54) is 12.1 Å². The molecule has 82 valence electrons. The second-order valence-electron chi connectivity index (χ2n) is 3.64. The van der Waals surface area contributed by atoms with Gasteiger partial charge in [-0.15, -0.1) is 0 Å². The van der Waals surface area contributed by atoms with Crippen LogP contribution in [-0.4, -0.2) is 10.1 Å². The van der Waals surface area contributed by atoms with E-state index in [1.54, 1.807) is 24.5 Å². The summed E-state index contributed by atoms with van der Waals surface area (Å²) >= 11 is 0. The summed E-state index contributed by atoms with van der Waals surface area (Å²) in [6.45, 7) is 0. The van der Waals surface area contributed by atoms with Crippen molar-refractivity contribution < 1.29 is 9.50 Å². The zero-order valence-electron chi connectivity index (χ0n) is 8.68. The highest BCUT2D eigenvalue weighted by Crippen LogP contribution is 2.18. The minimum absolute atomic E-state index is 0.331. The quantitative estimate of drug-likeness (QED) is 0.856. The Balaban J connectivity index is 2.12. The van der Waals surface area contributed by atoms with Crippen LogP contribution in [0.25, 0.3) is 0 Å². The maximum absolute atomic E-state index is 12.9. The molecule has 1 atom stereocenters. The van der Waals surface area contributed by atoms with E-state index in [0.717, 1.165) is 5.56 Å². The van der Waals surface area contributed by atoms with Crippen LogP contribution in [0.15, 0.2) is 48.8 Å². The average Bonchev–Trinajstić information content (AvgIpc) is 2.30. The van der Waals surface area contributed by atoms with Gasteiger partial charge in [-0.2, -0.15) is 0 Å². The zero-order chi connectivity index (χ0) is 11.4. The van der Waals surface area contributed by atoms with Crippen molar-refractivity contribution in [3.63, 3.8) is 0 Å². The smallest absolute Gasteiger partial charge is 0.123 e. The Hall–Kier alpha value is -1.74. The van der Waals surface area contributed by atoms with Crippen molar-refractivity contribution >= 4 is 0 Å². The van der Waals surface area contributed by atoms with Crippen LogP contribution in [0, 0.1) is 5.82 Å². The second kappa shape index (κ2) is 4.86. The number of nitrogens with zero attached hydrogens (tertiary/aromatic N) is 1. The third-order valence-electron chi connectivity index (χ3n) is 2.39. The van der Waals surface area contributed by atoms with Crippen LogP contribution < -0.4 is 0 Å².